The van der Waals surface area contributed by atoms with Gasteiger partial charge in [-0.3, -0.25) is 10.2 Å². The van der Waals surface area contributed by atoms with Crippen LogP contribution >= 0.6 is 22.7 Å². The number of aromatic nitrogens is 1. The maximum atomic E-state index is 12.3. The molecule has 3 N–H and O–H groups in total. The average molecular weight is 410 g/mol. The molecule has 0 unspecified atom stereocenters. The number of anilines is 2. The number of aromatic hydroxyl groups is 1. The van der Waals surface area contributed by atoms with E-state index in [1.807, 2.05) is 23.6 Å². The summed E-state index contributed by atoms with van der Waals surface area (Å²) in [6, 6.07) is 13.8. The summed E-state index contributed by atoms with van der Waals surface area (Å²) in [4.78, 5) is 17.8. The van der Waals surface area contributed by atoms with Crippen LogP contribution in [0.25, 0.3) is 10.6 Å². The summed E-state index contributed by atoms with van der Waals surface area (Å²) < 4.78 is 5.14. The fourth-order valence-electron chi connectivity index (χ4n) is 2.37. The summed E-state index contributed by atoms with van der Waals surface area (Å²) >= 11 is 2.80. The minimum absolute atomic E-state index is 0.168. The zero-order chi connectivity index (χ0) is 19.3. The number of amides is 1. The van der Waals surface area contributed by atoms with Crippen LogP contribution in [0.1, 0.15) is 16.1 Å². The molecule has 9 heteroatoms. The van der Waals surface area contributed by atoms with Crippen LogP contribution in [0, 0.1) is 0 Å². The van der Waals surface area contributed by atoms with Crippen molar-refractivity contribution in [3.05, 3.63) is 71.5 Å². The molecule has 1 amide bonds. The molecule has 0 aliphatic carbocycles. The first-order chi connectivity index (χ1) is 13.7. The van der Waals surface area contributed by atoms with E-state index in [4.69, 9.17) is 4.42 Å². The molecule has 0 fully saturated rings. The van der Waals surface area contributed by atoms with Crippen molar-refractivity contribution >= 4 is 44.9 Å². The highest BCUT2D eigenvalue weighted by molar-refractivity contribution is 7.21. The Hall–Kier alpha value is -3.43. The minimum atomic E-state index is -0.346. The highest BCUT2D eigenvalue weighted by atomic mass is 32.1. The van der Waals surface area contributed by atoms with Crippen molar-refractivity contribution in [1.29, 1.82) is 0 Å². The molecule has 0 saturated carbocycles. The standard InChI is InChI=1S/C19H14N4O3S2/c24-13-5-1-4-12(10-13)11-20-23-19-21-16(15-7-3-9-27-15)18(28-19)22-17(25)14-6-2-8-26-14/h1-11,24H,(H,21,23)(H,22,25)/b20-11-. The fraction of sp³-hybridized carbons (Fsp3) is 0. The smallest absolute Gasteiger partial charge is 0.292 e. The third-order valence-electron chi connectivity index (χ3n) is 3.60. The average Bonchev–Trinajstić information content (AvgIpc) is 3.44. The first kappa shape index (κ1) is 18.0. The van der Waals surface area contributed by atoms with Crippen molar-refractivity contribution in [2.75, 3.05) is 10.7 Å². The number of nitrogens with one attached hydrogen (secondary N) is 2. The molecule has 4 aromatic rings. The quantitative estimate of drug-likeness (QED) is 0.311. The van der Waals surface area contributed by atoms with Crippen LogP contribution in [0.15, 0.2) is 69.7 Å². The summed E-state index contributed by atoms with van der Waals surface area (Å²) in [5.41, 5.74) is 4.27. The highest BCUT2D eigenvalue weighted by Crippen LogP contribution is 2.38. The molecular formula is C19H14N4O3S2. The number of hydrogen-bond acceptors (Lipinski definition) is 8. The topological polar surface area (TPSA) is 99.8 Å². The highest BCUT2D eigenvalue weighted by Gasteiger charge is 2.18. The maximum Gasteiger partial charge on any atom is 0.292 e. The number of phenols is 1. The first-order valence-electron chi connectivity index (χ1n) is 8.17. The molecular weight excluding hydrogens is 396 g/mol. The number of thiophene rings is 1. The maximum absolute atomic E-state index is 12.3. The summed E-state index contributed by atoms with van der Waals surface area (Å²) in [7, 11) is 0. The summed E-state index contributed by atoms with van der Waals surface area (Å²) in [5.74, 6) is 0.0457. The summed E-state index contributed by atoms with van der Waals surface area (Å²) in [6.07, 6.45) is 3.03. The largest absolute Gasteiger partial charge is 0.508 e. The Morgan fingerprint density at radius 2 is 2.14 bits per heavy atom. The van der Waals surface area contributed by atoms with Gasteiger partial charge in [0.2, 0.25) is 5.13 Å². The van der Waals surface area contributed by atoms with Gasteiger partial charge in [-0.25, -0.2) is 4.98 Å². The zero-order valence-corrected chi connectivity index (χ0v) is 16.0. The second kappa shape index (κ2) is 8.07. The van der Waals surface area contributed by atoms with Gasteiger partial charge >= 0.3 is 0 Å². The Bertz CT molecular complexity index is 1100. The zero-order valence-electron chi connectivity index (χ0n) is 14.3. The SMILES string of the molecule is O=C(Nc1sc(N/N=C\c2cccc(O)c2)nc1-c1cccs1)c1ccco1. The molecule has 4 rings (SSSR count). The Morgan fingerprint density at radius 1 is 1.21 bits per heavy atom. The number of furan rings is 1. The third-order valence-corrected chi connectivity index (χ3v) is 5.35. The summed E-state index contributed by atoms with van der Waals surface area (Å²) in [6.45, 7) is 0. The van der Waals surface area contributed by atoms with Gasteiger partial charge in [-0.15, -0.1) is 11.3 Å². The number of nitrogens with zero attached hydrogens (tertiary/aromatic N) is 2. The van der Waals surface area contributed by atoms with Gasteiger partial charge in [0.15, 0.2) is 5.76 Å². The molecule has 0 bridgehead atoms. The number of carbonyl (C=O) groups is 1. The molecule has 0 atom stereocenters. The van der Waals surface area contributed by atoms with Gasteiger partial charge in [0.25, 0.3) is 5.91 Å². The molecule has 0 radical (unpaired) electrons. The van der Waals surface area contributed by atoms with Crippen molar-refractivity contribution in [2.45, 2.75) is 0 Å². The number of benzene rings is 1. The normalized spacial score (nSPS) is 11.0. The van der Waals surface area contributed by atoms with Crippen molar-refractivity contribution < 1.29 is 14.3 Å². The molecule has 3 heterocycles. The van der Waals surface area contributed by atoms with Gasteiger partial charge < -0.3 is 14.8 Å². The lowest BCUT2D eigenvalue weighted by Crippen LogP contribution is -2.10. The molecule has 1 aromatic carbocycles. The van der Waals surface area contributed by atoms with Crippen molar-refractivity contribution in [3.63, 3.8) is 0 Å². The molecule has 140 valence electrons. The van der Waals surface area contributed by atoms with Gasteiger partial charge in [0.05, 0.1) is 17.4 Å². The van der Waals surface area contributed by atoms with Crippen molar-refractivity contribution in [2.24, 2.45) is 5.10 Å². The van der Waals surface area contributed by atoms with E-state index in [1.165, 1.54) is 28.9 Å². The van der Waals surface area contributed by atoms with Gasteiger partial charge in [0, 0.05) is 0 Å². The van der Waals surface area contributed by atoms with Crippen molar-refractivity contribution in [3.8, 4) is 16.3 Å². The van der Waals surface area contributed by atoms with Crippen LogP contribution < -0.4 is 10.7 Å². The predicted molar refractivity (Wildman–Crippen MR) is 111 cm³/mol. The van der Waals surface area contributed by atoms with Crippen LogP contribution in [-0.2, 0) is 0 Å². The third kappa shape index (κ3) is 4.11. The van der Waals surface area contributed by atoms with Crippen molar-refractivity contribution in [1.82, 2.24) is 4.98 Å². The lowest BCUT2D eigenvalue weighted by atomic mass is 10.2. The van der Waals surface area contributed by atoms with E-state index < -0.39 is 0 Å². The Kier molecular flexibility index (Phi) is 5.18. The molecule has 0 aliphatic heterocycles. The number of rotatable bonds is 6. The van der Waals surface area contributed by atoms with E-state index >= 15 is 0 Å². The van der Waals surface area contributed by atoms with E-state index in [9.17, 15) is 9.90 Å². The summed E-state index contributed by atoms with van der Waals surface area (Å²) in [5, 5.41) is 19.6. The number of hydrazone groups is 1. The van der Waals surface area contributed by atoms with Gasteiger partial charge in [0.1, 0.15) is 16.4 Å². The lowest BCUT2D eigenvalue weighted by molar-refractivity contribution is 0.0997. The van der Waals surface area contributed by atoms with E-state index in [2.05, 4.69) is 20.8 Å². The van der Waals surface area contributed by atoms with E-state index in [0.29, 0.717) is 15.8 Å². The second-order valence-corrected chi connectivity index (χ2v) is 7.52. The minimum Gasteiger partial charge on any atom is -0.508 e. The van der Waals surface area contributed by atoms with Gasteiger partial charge in [-0.05, 0) is 41.3 Å². The Balaban J connectivity index is 1.56. The number of thiazole rings is 1. The number of phenolic OH excluding ortho intramolecular Hbond substituents is 1. The number of carbonyl (C=O) groups excluding carboxylic acids is 1. The van der Waals surface area contributed by atoms with Crippen LogP contribution in [0.3, 0.4) is 0 Å². The van der Waals surface area contributed by atoms with Gasteiger partial charge in [-0.2, -0.15) is 5.10 Å². The Morgan fingerprint density at radius 3 is 2.89 bits per heavy atom. The molecule has 0 saturated heterocycles. The molecule has 28 heavy (non-hydrogen) atoms. The monoisotopic (exact) mass is 410 g/mol. The molecule has 3 aromatic heterocycles. The number of hydrogen-bond donors (Lipinski definition) is 3. The molecule has 0 aliphatic rings. The molecule has 0 spiro atoms. The van der Waals surface area contributed by atoms with E-state index in [-0.39, 0.29) is 17.4 Å². The van der Waals surface area contributed by atoms with Crippen LogP contribution in [0.5, 0.6) is 5.75 Å². The van der Waals surface area contributed by atoms with Gasteiger partial charge in [-0.1, -0.05) is 29.5 Å². The van der Waals surface area contributed by atoms with Crippen LogP contribution in [-0.4, -0.2) is 22.2 Å². The predicted octanol–water partition coefficient (Wildman–Crippen LogP) is 4.87. The van der Waals surface area contributed by atoms with E-state index in [0.717, 1.165) is 10.4 Å². The molecule has 7 nitrogen and oxygen atoms in total. The first-order valence-corrected chi connectivity index (χ1v) is 9.86. The van der Waals surface area contributed by atoms with Crippen LogP contribution in [0.4, 0.5) is 10.1 Å². The van der Waals surface area contributed by atoms with E-state index in [1.54, 1.807) is 36.5 Å². The Labute approximate surface area is 168 Å². The fourth-order valence-corrected chi connectivity index (χ4v) is 3.98. The lowest BCUT2D eigenvalue weighted by Gasteiger charge is -2.01. The second-order valence-electron chi connectivity index (χ2n) is 5.57. The van der Waals surface area contributed by atoms with Crippen LogP contribution in [0.2, 0.25) is 0 Å².